The molecular formula is C16H25BO2. The predicted molar refractivity (Wildman–Crippen MR) is 80.8 cm³/mol. The Balaban J connectivity index is 1.74. The van der Waals surface area contributed by atoms with Crippen LogP contribution in [0.2, 0.25) is 0 Å². The van der Waals surface area contributed by atoms with Crippen LogP contribution in [-0.2, 0) is 15.7 Å². The first-order valence-corrected chi connectivity index (χ1v) is 7.72. The van der Waals surface area contributed by atoms with Crippen molar-refractivity contribution in [2.75, 3.05) is 13.2 Å². The van der Waals surface area contributed by atoms with Gasteiger partial charge in [0.15, 0.2) is 0 Å². The molecule has 0 amide bonds. The van der Waals surface area contributed by atoms with E-state index in [4.69, 9.17) is 9.31 Å². The Bertz CT molecular complexity index is 344. The van der Waals surface area contributed by atoms with Crippen molar-refractivity contribution in [2.45, 2.75) is 51.9 Å². The number of unbranched alkanes of at least 4 members (excludes halogenated alkanes) is 4. The smallest absolute Gasteiger partial charge is 0.407 e. The van der Waals surface area contributed by atoms with Gasteiger partial charge >= 0.3 is 7.12 Å². The molecule has 0 radical (unpaired) electrons. The van der Waals surface area contributed by atoms with Crippen LogP contribution >= 0.6 is 0 Å². The van der Waals surface area contributed by atoms with Gasteiger partial charge in [0.2, 0.25) is 0 Å². The normalized spacial score (nSPS) is 15.7. The van der Waals surface area contributed by atoms with Gasteiger partial charge in [-0.2, -0.15) is 0 Å². The summed E-state index contributed by atoms with van der Waals surface area (Å²) in [5, 5.41) is 0. The van der Waals surface area contributed by atoms with Crippen LogP contribution in [-0.4, -0.2) is 20.3 Å². The molecule has 104 valence electrons. The fourth-order valence-electron chi connectivity index (χ4n) is 2.45. The molecule has 0 atom stereocenters. The lowest BCUT2D eigenvalue weighted by atomic mass is 9.77. The molecule has 1 fully saturated rings. The van der Waals surface area contributed by atoms with Gasteiger partial charge in [-0.05, 0) is 30.3 Å². The molecule has 0 spiro atoms. The van der Waals surface area contributed by atoms with Crippen LogP contribution in [0, 0.1) is 0 Å². The van der Waals surface area contributed by atoms with Crippen molar-refractivity contribution in [1.82, 2.24) is 0 Å². The molecule has 1 saturated heterocycles. The molecule has 0 aliphatic carbocycles. The summed E-state index contributed by atoms with van der Waals surface area (Å²) in [5.41, 5.74) is 2.57. The maximum Gasteiger partial charge on any atom is 0.493 e. The molecule has 0 aromatic heterocycles. The largest absolute Gasteiger partial charge is 0.493 e. The van der Waals surface area contributed by atoms with Gasteiger partial charge in [-0.25, -0.2) is 0 Å². The highest BCUT2D eigenvalue weighted by Gasteiger charge is 2.23. The van der Waals surface area contributed by atoms with Crippen molar-refractivity contribution >= 4 is 12.6 Å². The number of hydrogen-bond acceptors (Lipinski definition) is 2. The minimum absolute atomic E-state index is 0.146. The van der Waals surface area contributed by atoms with E-state index in [0.717, 1.165) is 25.1 Å². The summed E-state index contributed by atoms with van der Waals surface area (Å²) in [5.74, 6) is 0. The number of aryl methyl sites for hydroxylation is 1. The molecule has 3 heteroatoms. The van der Waals surface area contributed by atoms with Gasteiger partial charge in [0.1, 0.15) is 0 Å². The lowest BCUT2D eigenvalue weighted by Gasteiger charge is -2.19. The van der Waals surface area contributed by atoms with Crippen molar-refractivity contribution in [1.29, 1.82) is 0 Å². The average molecular weight is 260 g/mol. The molecule has 1 heterocycles. The van der Waals surface area contributed by atoms with Gasteiger partial charge in [-0.1, -0.05) is 56.9 Å². The standard InChI is InChI=1S/C16H25BO2/c1-2-3-4-5-6-8-15-9-11-16(12-10-15)17-18-13-7-14-19-17/h9-12H,2-8,13-14H2,1H3. The summed E-state index contributed by atoms with van der Waals surface area (Å²) in [6.07, 6.45) is 8.91. The van der Waals surface area contributed by atoms with Gasteiger partial charge < -0.3 is 9.31 Å². The molecule has 19 heavy (non-hydrogen) atoms. The number of rotatable bonds is 7. The summed E-state index contributed by atoms with van der Waals surface area (Å²) in [6.45, 7) is 3.88. The molecule has 0 bridgehead atoms. The highest BCUT2D eigenvalue weighted by molar-refractivity contribution is 6.61. The molecule has 1 aromatic rings. The second kappa shape index (κ2) is 8.39. The third-order valence-electron chi connectivity index (χ3n) is 3.65. The number of benzene rings is 1. The quantitative estimate of drug-likeness (QED) is 0.553. The SMILES string of the molecule is CCCCCCCc1ccc(B2OCCCO2)cc1. The van der Waals surface area contributed by atoms with E-state index in [9.17, 15) is 0 Å². The summed E-state index contributed by atoms with van der Waals surface area (Å²) in [4.78, 5) is 0. The Morgan fingerprint density at radius 3 is 2.32 bits per heavy atom. The molecular weight excluding hydrogens is 235 g/mol. The molecule has 1 aliphatic rings. The Morgan fingerprint density at radius 2 is 1.63 bits per heavy atom. The molecule has 0 saturated carbocycles. The third kappa shape index (κ3) is 5.00. The molecule has 2 rings (SSSR count). The van der Waals surface area contributed by atoms with Crippen molar-refractivity contribution in [3.05, 3.63) is 29.8 Å². The zero-order valence-electron chi connectivity index (χ0n) is 12.1. The highest BCUT2D eigenvalue weighted by atomic mass is 16.6. The first-order valence-electron chi connectivity index (χ1n) is 7.72. The second-order valence-corrected chi connectivity index (χ2v) is 5.33. The molecule has 2 nitrogen and oxygen atoms in total. The van der Waals surface area contributed by atoms with Gasteiger partial charge in [0, 0.05) is 13.2 Å². The average Bonchev–Trinajstić information content (AvgIpc) is 2.49. The van der Waals surface area contributed by atoms with Gasteiger partial charge in [-0.3, -0.25) is 0 Å². The van der Waals surface area contributed by atoms with Crippen LogP contribution in [0.1, 0.15) is 51.0 Å². The molecule has 0 N–H and O–H groups in total. The maximum atomic E-state index is 5.61. The van der Waals surface area contributed by atoms with Gasteiger partial charge in [0.05, 0.1) is 0 Å². The fraction of sp³-hybridized carbons (Fsp3) is 0.625. The highest BCUT2D eigenvalue weighted by Crippen LogP contribution is 2.09. The van der Waals surface area contributed by atoms with Crippen LogP contribution in [0.3, 0.4) is 0 Å². The first kappa shape index (κ1) is 14.6. The minimum atomic E-state index is -0.146. The predicted octanol–water partition coefficient (Wildman–Crippen LogP) is 3.33. The van der Waals surface area contributed by atoms with E-state index < -0.39 is 0 Å². The Labute approximate surface area is 117 Å². The fourth-order valence-corrected chi connectivity index (χ4v) is 2.45. The maximum absolute atomic E-state index is 5.61. The molecule has 1 aliphatic heterocycles. The lowest BCUT2D eigenvalue weighted by molar-refractivity contribution is 0.143. The molecule has 0 unspecified atom stereocenters. The summed E-state index contributed by atoms with van der Waals surface area (Å²) in [7, 11) is -0.146. The van der Waals surface area contributed by atoms with Crippen LogP contribution in [0.15, 0.2) is 24.3 Å². The summed E-state index contributed by atoms with van der Waals surface area (Å²) >= 11 is 0. The Kier molecular flexibility index (Phi) is 6.45. The van der Waals surface area contributed by atoms with Gasteiger partial charge in [-0.15, -0.1) is 0 Å². The summed E-state index contributed by atoms with van der Waals surface area (Å²) < 4.78 is 11.2. The van der Waals surface area contributed by atoms with Crippen LogP contribution in [0.4, 0.5) is 0 Å². The van der Waals surface area contributed by atoms with E-state index in [-0.39, 0.29) is 7.12 Å². The topological polar surface area (TPSA) is 18.5 Å². The van der Waals surface area contributed by atoms with E-state index in [2.05, 4.69) is 31.2 Å². The molecule has 1 aromatic carbocycles. The zero-order valence-corrected chi connectivity index (χ0v) is 12.1. The van der Waals surface area contributed by atoms with Crippen LogP contribution in [0.5, 0.6) is 0 Å². The lowest BCUT2D eigenvalue weighted by Crippen LogP contribution is -2.40. The third-order valence-corrected chi connectivity index (χ3v) is 3.65. The van der Waals surface area contributed by atoms with Gasteiger partial charge in [0.25, 0.3) is 0 Å². The van der Waals surface area contributed by atoms with Crippen LogP contribution < -0.4 is 5.46 Å². The van der Waals surface area contributed by atoms with E-state index in [1.807, 2.05) is 0 Å². The summed E-state index contributed by atoms with van der Waals surface area (Å²) in [6, 6.07) is 8.74. The van der Waals surface area contributed by atoms with Crippen molar-refractivity contribution in [3.63, 3.8) is 0 Å². The van der Waals surface area contributed by atoms with E-state index in [1.54, 1.807) is 0 Å². The van der Waals surface area contributed by atoms with Crippen molar-refractivity contribution < 1.29 is 9.31 Å². The van der Waals surface area contributed by atoms with Crippen molar-refractivity contribution in [3.8, 4) is 0 Å². The van der Waals surface area contributed by atoms with Crippen molar-refractivity contribution in [2.24, 2.45) is 0 Å². The van der Waals surface area contributed by atoms with E-state index >= 15 is 0 Å². The van der Waals surface area contributed by atoms with E-state index in [1.165, 1.54) is 44.1 Å². The number of hydrogen-bond donors (Lipinski definition) is 0. The minimum Gasteiger partial charge on any atom is -0.407 e. The monoisotopic (exact) mass is 260 g/mol. The Morgan fingerprint density at radius 1 is 0.947 bits per heavy atom. The van der Waals surface area contributed by atoms with E-state index in [0.29, 0.717) is 0 Å². The first-order chi connectivity index (χ1) is 9.40. The Hall–Kier alpha value is -0.795. The zero-order chi connectivity index (χ0) is 13.3. The van der Waals surface area contributed by atoms with Crippen LogP contribution in [0.25, 0.3) is 0 Å². The second-order valence-electron chi connectivity index (χ2n) is 5.33.